The van der Waals surface area contributed by atoms with Gasteiger partial charge in [-0.25, -0.2) is 9.67 Å². The number of thiazole rings is 1. The molecular formula is C18H12ClN7O2S. The maximum absolute atomic E-state index is 12.3. The third-order valence-electron chi connectivity index (χ3n) is 3.84. The normalized spacial score (nSPS) is 10.5. The maximum Gasteiger partial charge on any atom is 0.289 e. The number of aromatic nitrogens is 5. The molecule has 2 amide bonds. The van der Waals surface area contributed by atoms with Gasteiger partial charge in [-0.15, -0.1) is 16.4 Å². The van der Waals surface area contributed by atoms with Gasteiger partial charge in [0.05, 0.1) is 5.69 Å². The zero-order chi connectivity index (χ0) is 20.2. The van der Waals surface area contributed by atoms with Crippen LogP contribution in [0.3, 0.4) is 0 Å². The van der Waals surface area contributed by atoms with Gasteiger partial charge in [0.2, 0.25) is 0 Å². The first kappa shape index (κ1) is 18.7. The topological polar surface area (TPSA) is 115 Å². The van der Waals surface area contributed by atoms with Crippen molar-refractivity contribution in [2.24, 2.45) is 0 Å². The molecule has 4 rings (SSSR count). The SMILES string of the molecule is O=C(NNC(=O)c1csc(-c2cccc(Cl)c2)n1)c1ccc(-n2cnnn2)cc1. The van der Waals surface area contributed by atoms with Gasteiger partial charge in [0.15, 0.2) is 0 Å². The lowest BCUT2D eigenvalue weighted by Crippen LogP contribution is -2.41. The molecule has 2 aromatic heterocycles. The van der Waals surface area contributed by atoms with Gasteiger partial charge in [-0.05, 0) is 46.8 Å². The van der Waals surface area contributed by atoms with E-state index in [0.29, 0.717) is 21.3 Å². The average Bonchev–Trinajstić information content (AvgIpc) is 3.44. The fourth-order valence-corrected chi connectivity index (χ4v) is 3.41. The number of hydrazine groups is 1. The second-order valence-corrected chi connectivity index (χ2v) is 7.05. The molecule has 0 aliphatic carbocycles. The van der Waals surface area contributed by atoms with Crippen molar-refractivity contribution < 1.29 is 9.59 Å². The zero-order valence-corrected chi connectivity index (χ0v) is 16.2. The van der Waals surface area contributed by atoms with Gasteiger partial charge in [-0.2, -0.15) is 0 Å². The second-order valence-electron chi connectivity index (χ2n) is 5.76. The predicted molar refractivity (Wildman–Crippen MR) is 107 cm³/mol. The summed E-state index contributed by atoms with van der Waals surface area (Å²) >= 11 is 7.29. The number of rotatable bonds is 4. The van der Waals surface area contributed by atoms with E-state index in [0.717, 1.165) is 5.56 Å². The lowest BCUT2D eigenvalue weighted by Gasteiger charge is -2.06. The molecule has 0 fully saturated rings. The molecule has 0 spiro atoms. The smallest absolute Gasteiger partial charge is 0.267 e. The van der Waals surface area contributed by atoms with Crippen molar-refractivity contribution in [2.45, 2.75) is 0 Å². The monoisotopic (exact) mass is 425 g/mol. The third-order valence-corrected chi connectivity index (χ3v) is 4.97. The first-order valence-electron chi connectivity index (χ1n) is 8.26. The predicted octanol–water partition coefficient (Wildman–Crippen LogP) is 2.51. The van der Waals surface area contributed by atoms with Crippen LogP contribution in [-0.4, -0.2) is 37.0 Å². The Morgan fingerprint density at radius 2 is 1.83 bits per heavy atom. The lowest BCUT2D eigenvalue weighted by molar-refractivity contribution is 0.0844. The van der Waals surface area contributed by atoms with Crippen molar-refractivity contribution in [1.82, 2.24) is 36.0 Å². The Labute approximate surface area is 173 Å². The molecule has 2 heterocycles. The van der Waals surface area contributed by atoms with Crippen molar-refractivity contribution >= 4 is 34.8 Å². The molecule has 9 nitrogen and oxygen atoms in total. The Hall–Kier alpha value is -3.63. The van der Waals surface area contributed by atoms with Gasteiger partial charge in [0, 0.05) is 21.5 Å². The van der Waals surface area contributed by atoms with E-state index in [1.54, 1.807) is 41.8 Å². The van der Waals surface area contributed by atoms with Crippen molar-refractivity contribution in [3.63, 3.8) is 0 Å². The van der Waals surface area contributed by atoms with E-state index in [1.165, 1.54) is 22.3 Å². The molecule has 0 aliphatic heterocycles. The summed E-state index contributed by atoms with van der Waals surface area (Å²) in [7, 11) is 0. The van der Waals surface area contributed by atoms with Gasteiger partial charge < -0.3 is 0 Å². The Kier molecular flexibility index (Phi) is 5.27. The minimum atomic E-state index is -0.520. The van der Waals surface area contributed by atoms with Crippen molar-refractivity contribution in [3.05, 3.63) is 76.5 Å². The number of tetrazole rings is 1. The van der Waals surface area contributed by atoms with Crippen LogP contribution in [0.2, 0.25) is 5.02 Å². The van der Waals surface area contributed by atoms with Crippen LogP contribution in [0.25, 0.3) is 16.3 Å². The Morgan fingerprint density at radius 1 is 1.03 bits per heavy atom. The molecule has 0 bridgehead atoms. The fraction of sp³-hybridized carbons (Fsp3) is 0. The number of amides is 2. The lowest BCUT2D eigenvalue weighted by atomic mass is 10.2. The molecule has 11 heteroatoms. The van der Waals surface area contributed by atoms with Crippen molar-refractivity contribution in [2.75, 3.05) is 0 Å². The highest BCUT2D eigenvalue weighted by molar-refractivity contribution is 7.13. The van der Waals surface area contributed by atoms with Crippen LogP contribution >= 0.6 is 22.9 Å². The number of halogens is 1. The highest BCUT2D eigenvalue weighted by Gasteiger charge is 2.14. The highest BCUT2D eigenvalue weighted by Crippen LogP contribution is 2.25. The molecule has 0 saturated carbocycles. The average molecular weight is 426 g/mol. The van der Waals surface area contributed by atoms with E-state index in [9.17, 15) is 9.59 Å². The molecule has 4 aromatic rings. The molecule has 0 aliphatic rings. The summed E-state index contributed by atoms with van der Waals surface area (Å²) < 4.78 is 1.46. The van der Waals surface area contributed by atoms with E-state index in [4.69, 9.17) is 11.6 Å². The number of hydrogen-bond donors (Lipinski definition) is 2. The Balaban J connectivity index is 1.37. The number of nitrogens with zero attached hydrogens (tertiary/aromatic N) is 5. The molecule has 0 radical (unpaired) electrons. The standard InChI is InChI=1S/C18H12ClN7O2S/c19-13-3-1-2-12(8-13)18-21-15(9-29-18)17(28)23-22-16(27)11-4-6-14(7-5-11)26-10-20-24-25-26/h1-10H,(H,22,27)(H,23,28). The highest BCUT2D eigenvalue weighted by atomic mass is 35.5. The minimum Gasteiger partial charge on any atom is -0.267 e. The van der Waals surface area contributed by atoms with Gasteiger partial charge in [0.1, 0.15) is 17.0 Å². The van der Waals surface area contributed by atoms with Crippen LogP contribution < -0.4 is 10.9 Å². The molecular weight excluding hydrogens is 414 g/mol. The summed E-state index contributed by atoms with van der Waals surface area (Å²) in [5, 5.41) is 13.7. The van der Waals surface area contributed by atoms with E-state index in [-0.39, 0.29) is 5.69 Å². The Morgan fingerprint density at radius 3 is 2.55 bits per heavy atom. The Bertz CT molecular complexity index is 1160. The van der Waals surface area contributed by atoms with Crippen molar-refractivity contribution in [3.8, 4) is 16.3 Å². The van der Waals surface area contributed by atoms with Crippen LogP contribution in [0.5, 0.6) is 0 Å². The van der Waals surface area contributed by atoms with Crippen LogP contribution in [0.15, 0.2) is 60.2 Å². The summed E-state index contributed by atoms with van der Waals surface area (Å²) in [5.41, 5.74) is 6.79. The quantitative estimate of drug-likeness (QED) is 0.485. The first-order valence-corrected chi connectivity index (χ1v) is 9.51. The van der Waals surface area contributed by atoms with Crippen LogP contribution in [0.1, 0.15) is 20.8 Å². The van der Waals surface area contributed by atoms with Gasteiger partial charge in [0.25, 0.3) is 11.8 Å². The van der Waals surface area contributed by atoms with E-state index < -0.39 is 11.8 Å². The van der Waals surface area contributed by atoms with Crippen LogP contribution in [0.4, 0.5) is 0 Å². The van der Waals surface area contributed by atoms with Gasteiger partial charge >= 0.3 is 0 Å². The van der Waals surface area contributed by atoms with Gasteiger partial charge in [-0.3, -0.25) is 20.4 Å². The number of benzene rings is 2. The van der Waals surface area contributed by atoms with Crippen LogP contribution in [0, 0.1) is 0 Å². The first-order chi connectivity index (χ1) is 14.1. The van der Waals surface area contributed by atoms with Gasteiger partial charge in [-0.1, -0.05) is 23.7 Å². The summed E-state index contributed by atoms with van der Waals surface area (Å²) in [6.45, 7) is 0. The maximum atomic E-state index is 12.3. The summed E-state index contributed by atoms with van der Waals surface area (Å²) in [6.07, 6.45) is 1.45. The number of nitrogens with one attached hydrogen (secondary N) is 2. The van der Waals surface area contributed by atoms with Crippen molar-refractivity contribution in [1.29, 1.82) is 0 Å². The molecule has 29 heavy (non-hydrogen) atoms. The molecule has 2 N–H and O–H groups in total. The van der Waals surface area contributed by atoms with E-state index >= 15 is 0 Å². The summed E-state index contributed by atoms with van der Waals surface area (Å²) in [6, 6.07) is 13.8. The van der Waals surface area contributed by atoms with E-state index in [1.807, 2.05) is 12.1 Å². The third kappa shape index (κ3) is 4.28. The summed E-state index contributed by atoms with van der Waals surface area (Å²) in [4.78, 5) is 28.8. The zero-order valence-electron chi connectivity index (χ0n) is 14.6. The number of hydrogen-bond acceptors (Lipinski definition) is 7. The number of carbonyl (C=O) groups excluding carboxylic acids is 2. The largest absolute Gasteiger partial charge is 0.289 e. The molecule has 2 aromatic carbocycles. The molecule has 0 atom stereocenters. The molecule has 0 unspecified atom stereocenters. The number of carbonyl (C=O) groups is 2. The molecule has 144 valence electrons. The fourth-order valence-electron chi connectivity index (χ4n) is 2.43. The molecule has 0 saturated heterocycles. The second kappa shape index (κ2) is 8.17. The summed E-state index contributed by atoms with van der Waals surface area (Å²) in [5.74, 6) is -0.986. The van der Waals surface area contributed by atoms with Crippen LogP contribution in [-0.2, 0) is 0 Å². The van der Waals surface area contributed by atoms with E-state index in [2.05, 4.69) is 31.4 Å². The minimum absolute atomic E-state index is 0.194.